The van der Waals surface area contributed by atoms with Gasteiger partial charge in [0.15, 0.2) is 0 Å². The number of fused-ring (bicyclic) bond motifs is 1. The number of amides is 1. The minimum absolute atomic E-state index is 0.274. The van der Waals surface area contributed by atoms with Crippen molar-refractivity contribution in [3.05, 3.63) is 70.4 Å². The van der Waals surface area contributed by atoms with Crippen LogP contribution >= 0.6 is 11.6 Å². The summed E-state index contributed by atoms with van der Waals surface area (Å²) in [5.74, 6) is 0.437. The number of carbonyl (C=O) groups excluding carboxylic acids is 1. The summed E-state index contributed by atoms with van der Waals surface area (Å²) in [7, 11) is 1.60. The number of aryl methyl sites for hydroxylation is 1. The first-order valence-electron chi connectivity index (χ1n) is 7.62. The fourth-order valence-electron chi connectivity index (χ4n) is 2.41. The summed E-state index contributed by atoms with van der Waals surface area (Å²) >= 11 is 6.20. The Balaban J connectivity index is 1.80. The first-order valence-corrected chi connectivity index (χ1v) is 7.99. The van der Waals surface area contributed by atoms with Gasteiger partial charge in [0.2, 0.25) is 0 Å². The molecule has 0 radical (unpaired) electrons. The van der Waals surface area contributed by atoms with Crippen LogP contribution in [0.2, 0.25) is 5.15 Å². The Morgan fingerprint density at radius 3 is 2.80 bits per heavy atom. The molecule has 0 aliphatic heterocycles. The Hall–Kier alpha value is -2.92. The Bertz CT molecular complexity index is 970. The number of nitrogens with zero attached hydrogens (tertiary/aromatic N) is 2. The number of rotatable bonds is 4. The van der Waals surface area contributed by atoms with Gasteiger partial charge in [-0.25, -0.2) is 10.4 Å². The van der Waals surface area contributed by atoms with E-state index in [-0.39, 0.29) is 5.91 Å². The molecule has 6 heteroatoms. The van der Waals surface area contributed by atoms with Gasteiger partial charge >= 0.3 is 0 Å². The van der Waals surface area contributed by atoms with Crippen molar-refractivity contribution in [3.8, 4) is 5.75 Å². The number of pyridine rings is 1. The van der Waals surface area contributed by atoms with Gasteiger partial charge in [0.05, 0.1) is 18.8 Å². The first kappa shape index (κ1) is 16.9. The minimum atomic E-state index is -0.274. The van der Waals surface area contributed by atoms with E-state index in [0.717, 1.165) is 16.5 Å². The fraction of sp³-hybridized carbons (Fsp3) is 0.105. The van der Waals surface area contributed by atoms with Crippen LogP contribution in [0.1, 0.15) is 21.5 Å². The summed E-state index contributed by atoms with van der Waals surface area (Å²) < 4.78 is 5.18. The van der Waals surface area contributed by atoms with Gasteiger partial charge < -0.3 is 4.74 Å². The molecular formula is C19H16ClN3O2. The maximum atomic E-state index is 12.1. The molecule has 0 saturated carbocycles. The number of carbonyl (C=O) groups is 1. The molecule has 1 aromatic heterocycles. The Labute approximate surface area is 150 Å². The molecule has 2 aromatic carbocycles. The van der Waals surface area contributed by atoms with E-state index in [9.17, 15) is 4.79 Å². The average Bonchev–Trinajstić information content (AvgIpc) is 2.62. The number of hydrogen-bond donors (Lipinski definition) is 1. The van der Waals surface area contributed by atoms with Gasteiger partial charge in [-0.2, -0.15) is 5.10 Å². The summed E-state index contributed by atoms with van der Waals surface area (Å²) in [6.45, 7) is 1.87. The molecule has 0 saturated heterocycles. The van der Waals surface area contributed by atoms with Crippen LogP contribution in [0.15, 0.2) is 53.6 Å². The lowest BCUT2D eigenvalue weighted by Gasteiger charge is -2.05. The van der Waals surface area contributed by atoms with Crippen LogP contribution in [0.25, 0.3) is 10.9 Å². The lowest BCUT2D eigenvalue weighted by atomic mass is 10.1. The van der Waals surface area contributed by atoms with Crippen molar-refractivity contribution < 1.29 is 9.53 Å². The summed E-state index contributed by atoms with van der Waals surface area (Å²) in [5.41, 5.74) is 5.31. The molecule has 0 unspecified atom stereocenters. The quantitative estimate of drug-likeness (QED) is 0.438. The van der Waals surface area contributed by atoms with Gasteiger partial charge in [-0.3, -0.25) is 4.79 Å². The maximum Gasteiger partial charge on any atom is 0.271 e. The summed E-state index contributed by atoms with van der Waals surface area (Å²) in [5, 5.41) is 5.19. The SMILES string of the molecule is COc1ccc2cc(/C=N/NC(=O)c3ccccc3C)c(Cl)nc2c1. The van der Waals surface area contributed by atoms with E-state index in [2.05, 4.69) is 15.5 Å². The van der Waals surface area contributed by atoms with Crippen molar-refractivity contribution in [1.29, 1.82) is 0 Å². The molecule has 0 aliphatic carbocycles. The van der Waals surface area contributed by atoms with E-state index >= 15 is 0 Å². The van der Waals surface area contributed by atoms with Crippen molar-refractivity contribution in [3.63, 3.8) is 0 Å². The van der Waals surface area contributed by atoms with Crippen LogP contribution in [0.4, 0.5) is 0 Å². The van der Waals surface area contributed by atoms with Crippen LogP contribution in [0, 0.1) is 6.92 Å². The number of aromatic nitrogens is 1. The molecule has 0 bridgehead atoms. The van der Waals surface area contributed by atoms with E-state index in [0.29, 0.717) is 22.0 Å². The van der Waals surface area contributed by atoms with Crippen LogP contribution in [-0.4, -0.2) is 24.2 Å². The maximum absolute atomic E-state index is 12.1. The second-order valence-electron chi connectivity index (χ2n) is 5.44. The minimum Gasteiger partial charge on any atom is -0.497 e. The normalized spacial score (nSPS) is 11.0. The predicted octanol–water partition coefficient (Wildman–Crippen LogP) is 3.97. The Kier molecular flexibility index (Phi) is 4.95. The molecule has 0 aliphatic rings. The van der Waals surface area contributed by atoms with Gasteiger partial charge in [0.25, 0.3) is 5.91 Å². The lowest BCUT2D eigenvalue weighted by molar-refractivity contribution is 0.0954. The average molecular weight is 354 g/mol. The molecular weight excluding hydrogens is 338 g/mol. The predicted molar refractivity (Wildman–Crippen MR) is 99.5 cm³/mol. The molecule has 1 heterocycles. The number of nitrogens with one attached hydrogen (secondary N) is 1. The first-order chi connectivity index (χ1) is 12.1. The molecule has 0 spiro atoms. The summed E-state index contributed by atoms with van der Waals surface area (Å²) in [6, 6.07) is 14.7. The summed E-state index contributed by atoms with van der Waals surface area (Å²) in [6.07, 6.45) is 1.48. The highest BCUT2D eigenvalue weighted by atomic mass is 35.5. The van der Waals surface area contributed by atoms with Crippen molar-refractivity contribution in [1.82, 2.24) is 10.4 Å². The number of ether oxygens (including phenoxy) is 1. The molecule has 1 N–H and O–H groups in total. The highest BCUT2D eigenvalue weighted by molar-refractivity contribution is 6.32. The van der Waals surface area contributed by atoms with Gasteiger partial charge in [-0.1, -0.05) is 29.8 Å². The third kappa shape index (κ3) is 3.78. The van der Waals surface area contributed by atoms with Crippen LogP contribution in [0.5, 0.6) is 5.75 Å². The second kappa shape index (κ2) is 7.32. The smallest absolute Gasteiger partial charge is 0.271 e. The van der Waals surface area contributed by atoms with Crippen molar-refractivity contribution in [2.75, 3.05) is 7.11 Å². The van der Waals surface area contributed by atoms with Crippen LogP contribution in [0.3, 0.4) is 0 Å². The van der Waals surface area contributed by atoms with Gasteiger partial charge in [-0.05, 0) is 36.8 Å². The van der Waals surface area contributed by atoms with E-state index < -0.39 is 0 Å². The molecule has 3 aromatic rings. The number of hydrazone groups is 1. The third-order valence-electron chi connectivity index (χ3n) is 3.76. The van der Waals surface area contributed by atoms with Crippen LogP contribution < -0.4 is 10.2 Å². The molecule has 1 amide bonds. The van der Waals surface area contributed by atoms with Gasteiger partial charge in [0.1, 0.15) is 10.9 Å². The van der Waals surface area contributed by atoms with Crippen molar-refractivity contribution >= 4 is 34.6 Å². The summed E-state index contributed by atoms with van der Waals surface area (Å²) in [4.78, 5) is 16.5. The number of methoxy groups -OCH3 is 1. The number of hydrogen-bond acceptors (Lipinski definition) is 4. The highest BCUT2D eigenvalue weighted by Gasteiger charge is 2.07. The Morgan fingerprint density at radius 1 is 1.24 bits per heavy atom. The zero-order chi connectivity index (χ0) is 17.8. The molecule has 5 nitrogen and oxygen atoms in total. The van der Waals surface area contributed by atoms with Crippen molar-refractivity contribution in [2.24, 2.45) is 5.10 Å². The molecule has 25 heavy (non-hydrogen) atoms. The van der Waals surface area contributed by atoms with Crippen LogP contribution in [-0.2, 0) is 0 Å². The lowest BCUT2D eigenvalue weighted by Crippen LogP contribution is -2.18. The Morgan fingerprint density at radius 2 is 2.04 bits per heavy atom. The van der Waals surface area contributed by atoms with E-state index in [4.69, 9.17) is 16.3 Å². The molecule has 0 atom stereocenters. The van der Waals surface area contributed by atoms with Crippen molar-refractivity contribution in [2.45, 2.75) is 6.92 Å². The largest absolute Gasteiger partial charge is 0.497 e. The topological polar surface area (TPSA) is 63.6 Å². The van der Waals surface area contributed by atoms with E-state index in [1.165, 1.54) is 6.21 Å². The third-order valence-corrected chi connectivity index (χ3v) is 4.07. The zero-order valence-corrected chi connectivity index (χ0v) is 14.5. The number of benzene rings is 2. The van der Waals surface area contributed by atoms with E-state index in [1.54, 1.807) is 13.2 Å². The molecule has 3 rings (SSSR count). The monoisotopic (exact) mass is 353 g/mol. The van der Waals surface area contributed by atoms with Gasteiger partial charge in [0, 0.05) is 22.6 Å². The van der Waals surface area contributed by atoms with E-state index in [1.807, 2.05) is 49.4 Å². The number of halogens is 1. The zero-order valence-electron chi connectivity index (χ0n) is 13.8. The molecule has 0 fully saturated rings. The highest BCUT2D eigenvalue weighted by Crippen LogP contribution is 2.23. The fourth-order valence-corrected chi connectivity index (χ4v) is 2.60. The second-order valence-corrected chi connectivity index (χ2v) is 5.80. The standard InChI is InChI=1S/C19H16ClN3O2/c1-12-5-3-4-6-16(12)19(24)23-21-11-14-9-13-7-8-15(25-2)10-17(13)22-18(14)20/h3-11H,1-2H3,(H,23,24)/b21-11+. The molecule has 126 valence electrons. The van der Waals surface area contributed by atoms with Gasteiger partial charge in [-0.15, -0.1) is 0 Å².